The summed E-state index contributed by atoms with van der Waals surface area (Å²) in [5.41, 5.74) is 8.65. The van der Waals surface area contributed by atoms with Gasteiger partial charge in [-0.3, -0.25) is 4.68 Å². The van der Waals surface area contributed by atoms with Crippen molar-refractivity contribution in [2.24, 2.45) is 24.8 Å². The zero-order valence-corrected chi connectivity index (χ0v) is 12.7. The van der Waals surface area contributed by atoms with Crippen LogP contribution in [0.1, 0.15) is 31.4 Å². The van der Waals surface area contributed by atoms with Crippen LogP contribution in [0, 0.1) is 17.8 Å². The number of hydrogen-bond donors (Lipinski definition) is 1. The number of aromatic nitrogens is 2. The lowest BCUT2D eigenvalue weighted by molar-refractivity contribution is 0.329. The number of aryl methyl sites for hydroxylation is 1. The summed E-state index contributed by atoms with van der Waals surface area (Å²) < 4.78 is 1.84. The molecule has 2 saturated carbocycles. The quantitative estimate of drug-likeness (QED) is 0.935. The van der Waals surface area contributed by atoms with Gasteiger partial charge in [0.25, 0.3) is 0 Å². The van der Waals surface area contributed by atoms with Gasteiger partial charge >= 0.3 is 0 Å². The van der Waals surface area contributed by atoms with Crippen molar-refractivity contribution in [1.82, 2.24) is 9.78 Å². The van der Waals surface area contributed by atoms with Crippen molar-refractivity contribution in [3.8, 4) is 10.4 Å². The summed E-state index contributed by atoms with van der Waals surface area (Å²) in [6.45, 7) is 0. The largest absolute Gasteiger partial charge is 0.383 e. The summed E-state index contributed by atoms with van der Waals surface area (Å²) in [5.74, 6) is 3.59. The van der Waals surface area contributed by atoms with Gasteiger partial charge in [0.05, 0.1) is 11.3 Å². The normalized spacial score (nSPS) is 28.4. The van der Waals surface area contributed by atoms with E-state index < -0.39 is 0 Å². The minimum absolute atomic E-state index is 0.811. The van der Waals surface area contributed by atoms with Crippen molar-refractivity contribution in [2.75, 3.05) is 5.73 Å². The molecule has 2 aliphatic rings. The van der Waals surface area contributed by atoms with Crippen LogP contribution in [0.3, 0.4) is 0 Å². The molecule has 2 fully saturated rings. The van der Waals surface area contributed by atoms with Gasteiger partial charge in [-0.25, -0.2) is 0 Å². The molecule has 0 amide bonds. The van der Waals surface area contributed by atoms with Crippen LogP contribution < -0.4 is 5.73 Å². The Bertz CT molecular complexity index is 614. The summed E-state index contributed by atoms with van der Waals surface area (Å²) in [6.07, 6.45) is 6.88. The van der Waals surface area contributed by atoms with E-state index in [1.165, 1.54) is 41.8 Å². The van der Waals surface area contributed by atoms with Crippen LogP contribution >= 0.6 is 11.3 Å². The van der Waals surface area contributed by atoms with Crippen LogP contribution in [0.4, 0.5) is 5.82 Å². The molecule has 0 aromatic carbocycles. The van der Waals surface area contributed by atoms with Gasteiger partial charge in [-0.1, -0.05) is 12.5 Å². The number of thiophene rings is 1. The summed E-state index contributed by atoms with van der Waals surface area (Å²) in [7, 11) is 1.96. The molecule has 3 unspecified atom stereocenters. The number of hydrogen-bond acceptors (Lipinski definition) is 3. The molecule has 3 nitrogen and oxygen atoms in total. The zero-order valence-electron chi connectivity index (χ0n) is 11.9. The molecular formula is C16H21N3S. The molecule has 2 aromatic heterocycles. The fourth-order valence-electron chi connectivity index (χ4n) is 4.30. The van der Waals surface area contributed by atoms with Gasteiger partial charge in [0.15, 0.2) is 0 Å². The van der Waals surface area contributed by atoms with Crippen LogP contribution in [0.2, 0.25) is 0 Å². The van der Waals surface area contributed by atoms with Gasteiger partial charge in [0, 0.05) is 11.9 Å². The molecule has 106 valence electrons. The standard InChI is InChI=1S/C16H21N3S/c1-19-16(17)15(14-3-2-6-20-14)13(18-19)9-12-8-10-4-5-11(12)7-10/h2-3,6,10-12H,4-5,7-9,17H2,1H3. The highest BCUT2D eigenvalue weighted by Gasteiger charge is 2.40. The molecule has 2 heterocycles. The molecule has 0 aliphatic heterocycles. The molecule has 0 spiro atoms. The summed E-state index contributed by atoms with van der Waals surface area (Å²) in [6, 6.07) is 4.25. The van der Waals surface area contributed by atoms with E-state index in [0.29, 0.717) is 0 Å². The fraction of sp³-hybridized carbons (Fsp3) is 0.562. The summed E-state index contributed by atoms with van der Waals surface area (Å²) in [5, 5.41) is 6.83. The molecule has 2 aromatic rings. The van der Waals surface area contributed by atoms with Crippen LogP contribution in [0.5, 0.6) is 0 Å². The molecule has 20 heavy (non-hydrogen) atoms. The molecule has 2 aliphatic carbocycles. The minimum atomic E-state index is 0.811. The van der Waals surface area contributed by atoms with Crippen molar-refractivity contribution in [2.45, 2.75) is 32.1 Å². The molecule has 2 bridgehead atoms. The lowest BCUT2D eigenvalue weighted by Crippen LogP contribution is -2.14. The first-order valence-corrected chi connectivity index (χ1v) is 8.45. The van der Waals surface area contributed by atoms with E-state index in [1.807, 2.05) is 11.7 Å². The smallest absolute Gasteiger partial charge is 0.130 e. The first-order chi connectivity index (χ1) is 9.72. The number of nitrogens with two attached hydrogens (primary N) is 1. The third kappa shape index (κ3) is 1.89. The lowest BCUT2D eigenvalue weighted by atomic mass is 9.85. The van der Waals surface area contributed by atoms with E-state index in [0.717, 1.165) is 30.0 Å². The summed E-state index contributed by atoms with van der Waals surface area (Å²) in [4.78, 5) is 1.26. The van der Waals surface area contributed by atoms with Gasteiger partial charge in [-0.15, -0.1) is 11.3 Å². The monoisotopic (exact) mass is 287 g/mol. The van der Waals surface area contributed by atoms with Crippen LogP contribution in [-0.2, 0) is 13.5 Å². The molecule has 0 radical (unpaired) electrons. The van der Waals surface area contributed by atoms with E-state index in [9.17, 15) is 0 Å². The first kappa shape index (κ1) is 12.5. The highest BCUT2D eigenvalue weighted by molar-refractivity contribution is 7.13. The average Bonchev–Trinajstić information content (AvgIpc) is 3.17. The Morgan fingerprint density at radius 3 is 2.95 bits per heavy atom. The number of rotatable bonds is 3. The SMILES string of the molecule is Cn1nc(CC2CC3CCC2C3)c(-c2cccs2)c1N. The highest BCUT2D eigenvalue weighted by atomic mass is 32.1. The summed E-state index contributed by atoms with van der Waals surface area (Å²) >= 11 is 1.76. The van der Waals surface area contributed by atoms with Crippen LogP contribution in [0.15, 0.2) is 17.5 Å². The van der Waals surface area contributed by atoms with Crippen molar-refractivity contribution in [3.63, 3.8) is 0 Å². The van der Waals surface area contributed by atoms with Gasteiger partial charge in [0.1, 0.15) is 5.82 Å². The third-order valence-electron chi connectivity index (χ3n) is 5.27. The second-order valence-corrected chi connectivity index (χ2v) is 7.39. The zero-order chi connectivity index (χ0) is 13.7. The molecule has 3 atom stereocenters. The first-order valence-electron chi connectivity index (χ1n) is 7.57. The number of anilines is 1. The maximum atomic E-state index is 6.25. The molecule has 2 N–H and O–H groups in total. The molecule has 4 rings (SSSR count). The van der Waals surface area contributed by atoms with Crippen LogP contribution in [0.25, 0.3) is 10.4 Å². The topological polar surface area (TPSA) is 43.8 Å². The van der Waals surface area contributed by atoms with E-state index >= 15 is 0 Å². The number of nitrogens with zero attached hydrogens (tertiary/aromatic N) is 2. The van der Waals surface area contributed by atoms with E-state index in [2.05, 4.69) is 17.5 Å². The van der Waals surface area contributed by atoms with Crippen LogP contribution in [-0.4, -0.2) is 9.78 Å². The Hall–Kier alpha value is -1.29. The lowest BCUT2D eigenvalue weighted by Gasteiger charge is -2.20. The Labute approximate surface area is 123 Å². The highest BCUT2D eigenvalue weighted by Crippen LogP contribution is 2.50. The Morgan fingerprint density at radius 2 is 2.30 bits per heavy atom. The second-order valence-electron chi connectivity index (χ2n) is 6.45. The third-order valence-corrected chi connectivity index (χ3v) is 6.16. The van der Waals surface area contributed by atoms with Gasteiger partial charge in [-0.2, -0.15) is 5.10 Å². The van der Waals surface area contributed by atoms with Gasteiger partial charge in [-0.05, 0) is 54.9 Å². The van der Waals surface area contributed by atoms with E-state index in [-0.39, 0.29) is 0 Å². The van der Waals surface area contributed by atoms with Gasteiger partial charge < -0.3 is 5.73 Å². The van der Waals surface area contributed by atoms with E-state index in [1.54, 1.807) is 11.3 Å². The number of nitrogen functional groups attached to an aromatic ring is 1. The predicted molar refractivity (Wildman–Crippen MR) is 83.6 cm³/mol. The maximum Gasteiger partial charge on any atom is 0.130 e. The van der Waals surface area contributed by atoms with E-state index in [4.69, 9.17) is 10.8 Å². The molecule has 0 saturated heterocycles. The van der Waals surface area contributed by atoms with Crippen molar-refractivity contribution in [1.29, 1.82) is 0 Å². The van der Waals surface area contributed by atoms with Gasteiger partial charge in [0.2, 0.25) is 0 Å². The molecular weight excluding hydrogens is 266 g/mol. The molecule has 4 heteroatoms. The second kappa shape index (κ2) is 4.62. The predicted octanol–water partition coefficient (Wildman–Crippen LogP) is 3.71. The Kier molecular flexibility index (Phi) is 2.88. The Morgan fingerprint density at radius 1 is 1.40 bits per heavy atom. The maximum absolute atomic E-state index is 6.25. The minimum Gasteiger partial charge on any atom is -0.383 e. The van der Waals surface area contributed by atoms with Crippen molar-refractivity contribution < 1.29 is 0 Å². The van der Waals surface area contributed by atoms with Crippen molar-refractivity contribution in [3.05, 3.63) is 23.2 Å². The fourth-order valence-corrected chi connectivity index (χ4v) is 5.10. The Balaban J connectivity index is 1.66. The number of fused-ring (bicyclic) bond motifs is 2. The van der Waals surface area contributed by atoms with Crippen molar-refractivity contribution >= 4 is 17.2 Å². The average molecular weight is 287 g/mol.